The van der Waals surface area contributed by atoms with Crippen molar-refractivity contribution >= 4 is 23.4 Å². The van der Waals surface area contributed by atoms with Gasteiger partial charge in [0.05, 0.1) is 5.69 Å². The van der Waals surface area contributed by atoms with Gasteiger partial charge in [-0.3, -0.25) is 19.8 Å². The maximum absolute atomic E-state index is 12.5. The van der Waals surface area contributed by atoms with Gasteiger partial charge in [-0.25, -0.2) is 5.01 Å². The van der Waals surface area contributed by atoms with Crippen LogP contribution in [0.4, 0.5) is 5.69 Å². The molecule has 0 bridgehead atoms. The van der Waals surface area contributed by atoms with Gasteiger partial charge in [0.2, 0.25) is 11.8 Å². The number of carbonyl (C=O) groups excluding carboxylic acids is 3. The lowest BCUT2D eigenvalue weighted by Gasteiger charge is -2.27. The van der Waals surface area contributed by atoms with Crippen LogP contribution in [0.15, 0.2) is 48.5 Å². The molecule has 2 aromatic rings. The van der Waals surface area contributed by atoms with Gasteiger partial charge in [-0.2, -0.15) is 0 Å². The van der Waals surface area contributed by atoms with Gasteiger partial charge in [0.25, 0.3) is 5.91 Å². The summed E-state index contributed by atoms with van der Waals surface area (Å²) in [5.41, 5.74) is 6.13. The van der Waals surface area contributed by atoms with Crippen molar-refractivity contribution in [3.63, 3.8) is 0 Å². The first-order valence-electron chi connectivity index (χ1n) is 9.44. The van der Waals surface area contributed by atoms with Crippen LogP contribution in [0.2, 0.25) is 0 Å². The first kappa shape index (κ1) is 18.2. The van der Waals surface area contributed by atoms with Crippen LogP contribution < -0.4 is 21.1 Å². The van der Waals surface area contributed by atoms with Gasteiger partial charge >= 0.3 is 0 Å². The lowest BCUT2D eigenvalue weighted by Crippen LogP contribution is -2.50. The van der Waals surface area contributed by atoms with Crippen molar-refractivity contribution in [1.29, 1.82) is 0 Å². The van der Waals surface area contributed by atoms with Crippen LogP contribution in [0.25, 0.3) is 0 Å². The van der Waals surface area contributed by atoms with E-state index in [2.05, 4.69) is 28.2 Å². The summed E-state index contributed by atoms with van der Waals surface area (Å²) >= 11 is 0. The lowest BCUT2D eigenvalue weighted by molar-refractivity contribution is -0.130. The van der Waals surface area contributed by atoms with Crippen LogP contribution in [-0.4, -0.2) is 30.8 Å². The van der Waals surface area contributed by atoms with Crippen LogP contribution in [-0.2, 0) is 16.0 Å². The highest BCUT2D eigenvalue weighted by Crippen LogP contribution is 2.22. The number of hydrogen-bond acceptors (Lipinski definition) is 4. The van der Waals surface area contributed by atoms with E-state index in [0.717, 1.165) is 13.0 Å². The average Bonchev–Trinajstić information content (AvgIpc) is 2.74. The quantitative estimate of drug-likeness (QED) is 0.751. The molecule has 7 heteroatoms. The molecule has 144 valence electrons. The Morgan fingerprint density at radius 1 is 1.04 bits per heavy atom. The summed E-state index contributed by atoms with van der Waals surface area (Å²) < 4.78 is 0. The third-order valence-electron chi connectivity index (χ3n) is 5.12. The van der Waals surface area contributed by atoms with Crippen molar-refractivity contribution in [1.82, 2.24) is 16.1 Å². The van der Waals surface area contributed by atoms with Crippen molar-refractivity contribution in [2.45, 2.75) is 25.3 Å². The number of nitrogens with one attached hydrogen (secondary N) is 3. The molecule has 7 nitrogen and oxygen atoms in total. The molecule has 28 heavy (non-hydrogen) atoms. The maximum atomic E-state index is 12.5. The summed E-state index contributed by atoms with van der Waals surface area (Å²) in [6.07, 6.45) is 1.38. The van der Waals surface area contributed by atoms with Crippen molar-refractivity contribution in [3.8, 4) is 0 Å². The van der Waals surface area contributed by atoms with E-state index in [1.54, 1.807) is 24.3 Å². The fourth-order valence-electron chi connectivity index (χ4n) is 3.62. The summed E-state index contributed by atoms with van der Waals surface area (Å²) in [5.74, 6) is -0.536. The molecule has 0 aliphatic carbocycles. The molecule has 4 rings (SSSR count). The van der Waals surface area contributed by atoms with E-state index in [4.69, 9.17) is 0 Å². The van der Waals surface area contributed by atoms with Gasteiger partial charge < -0.3 is 10.6 Å². The summed E-state index contributed by atoms with van der Waals surface area (Å²) in [7, 11) is 0. The molecule has 3 N–H and O–H groups in total. The van der Waals surface area contributed by atoms with E-state index >= 15 is 0 Å². The third kappa shape index (κ3) is 3.75. The highest BCUT2D eigenvalue weighted by molar-refractivity contribution is 6.01. The second-order valence-electron chi connectivity index (χ2n) is 6.98. The largest absolute Gasteiger partial charge is 0.350 e. The Kier molecular flexibility index (Phi) is 5.08. The van der Waals surface area contributed by atoms with E-state index in [1.807, 2.05) is 12.1 Å². The first-order valence-corrected chi connectivity index (χ1v) is 9.44. The maximum Gasteiger partial charge on any atom is 0.251 e. The Morgan fingerprint density at radius 2 is 1.82 bits per heavy atom. The lowest BCUT2D eigenvalue weighted by atomic mass is 9.94. The zero-order valence-electron chi connectivity index (χ0n) is 15.4. The first-order chi connectivity index (χ1) is 13.6. The minimum Gasteiger partial charge on any atom is -0.350 e. The molecule has 0 aromatic heterocycles. The van der Waals surface area contributed by atoms with Gasteiger partial charge in [-0.05, 0) is 48.4 Å². The number of benzene rings is 2. The summed E-state index contributed by atoms with van der Waals surface area (Å²) in [6.45, 7) is 1.39. The predicted molar refractivity (Wildman–Crippen MR) is 105 cm³/mol. The van der Waals surface area contributed by atoms with Gasteiger partial charge in [0.1, 0.15) is 0 Å². The molecule has 2 aliphatic rings. The van der Waals surface area contributed by atoms with Gasteiger partial charge in [0.15, 0.2) is 0 Å². The zero-order valence-corrected chi connectivity index (χ0v) is 15.4. The molecule has 1 fully saturated rings. The zero-order chi connectivity index (χ0) is 19.5. The number of anilines is 1. The highest BCUT2D eigenvalue weighted by atomic mass is 16.2. The smallest absolute Gasteiger partial charge is 0.251 e. The number of rotatable bonds is 4. The molecule has 2 heterocycles. The minimum absolute atomic E-state index is 0.0920. The normalized spacial score (nSPS) is 19.0. The molecule has 2 aromatic carbocycles. The van der Waals surface area contributed by atoms with Crippen molar-refractivity contribution in [2.24, 2.45) is 0 Å². The summed E-state index contributed by atoms with van der Waals surface area (Å²) in [6, 6.07) is 15.0. The van der Waals surface area contributed by atoms with E-state index in [0.29, 0.717) is 17.8 Å². The van der Waals surface area contributed by atoms with E-state index in [9.17, 15) is 14.4 Å². The van der Waals surface area contributed by atoms with E-state index in [-0.39, 0.29) is 36.6 Å². The molecule has 1 saturated heterocycles. The Hall–Kier alpha value is -3.19. The number of carbonyl (C=O) groups is 3. The molecule has 2 aliphatic heterocycles. The Morgan fingerprint density at radius 3 is 2.64 bits per heavy atom. The van der Waals surface area contributed by atoms with Crippen LogP contribution >= 0.6 is 0 Å². The van der Waals surface area contributed by atoms with Crippen LogP contribution in [0.5, 0.6) is 0 Å². The molecule has 1 unspecified atom stereocenters. The average molecular weight is 378 g/mol. The van der Waals surface area contributed by atoms with E-state index in [1.165, 1.54) is 16.1 Å². The second-order valence-corrected chi connectivity index (χ2v) is 6.98. The Bertz CT molecular complexity index is 910. The molecule has 0 spiro atoms. The van der Waals surface area contributed by atoms with Crippen LogP contribution in [0.3, 0.4) is 0 Å². The molecule has 0 radical (unpaired) electrons. The molecule has 1 atom stereocenters. The van der Waals surface area contributed by atoms with Crippen molar-refractivity contribution in [3.05, 3.63) is 65.2 Å². The molecular weight excluding hydrogens is 356 g/mol. The van der Waals surface area contributed by atoms with E-state index < -0.39 is 0 Å². The Labute approximate surface area is 163 Å². The standard InChI is InChI=1S/C21H22N4O3/c26-19-9-10-20(27)25(24-19)16-7-5-15(6-8-16)21(28)23-13-18-17-4-2-1-3-14(17)11-12-22-18/h1-8,18,22H,9-13H2,(H,23,28)(H,24,26). The molecule has 0 saturated carbocycles. The van der Waals surface area contributed by atoms with Crippen LogP contribution in [0.1, 0.15) is 40.4 Å². The number of nitrogens with zero attached hydrogens (tertiary/aromatic N) is 1. The van der Waals surface area contributed by atoms with Gasteiger partial charge in [-0.15, -0.1) is 0 Å². The predicted octanol–water partition coefficient (Wildman–Crippen LogP) is 1.46. The summed E-state index contributed by atoms with van der Waals surface area (Å²) in [4.78, 5) is 36.0. The number of fused-ring (bicyclic) bond motifs is 1. The van der Waals surface area contributed by atoms with Gasteiger partial charge in [-0.1, -0.05) is 24.3 Å². The van der Waals surface area contributed by atoms with Gasteiger partial charge in [0, 0.05) is 31.0 Å². The number of hydrogen-bond donors (Lipinski definition) is 3. The molecular formula is C21H22N4O3. The van der Waals surface area contributed by atoms with Crippen molar-refractivity contribution < 1.29 is 14.4 Å². The highest BCUT2D eigenvalue weighted by Gasteiger charge is 2.24. The number of amides is 3. The SMILES string of the molecule is O=C1CCC(=O)N(c2ccc(C(=O)NCC3NCCc4ccccc43)cc2)N1. The fourth-order valence-corrected chi connectivity index (χ4v) is 3.62. The monoisotopic (exact) mass is 378 g/mol. The van der Waals surface area contributed by atoms with Crippen LogP contribution in [0, 0.1) is 0 Å². The fraction of sp³-hybridized carbons (Fsp3) is 0.286. The second kappa shape index (κ2) is 7.82. The van der Waals surface area contributed by atoms with Crippen molar-refractivity contribution in [2.75, 3.05) is 18.1 Å². The topological polar surface area (TPSA) is 90.5 Å². The molecule has 3 amide bonds. The Balaban J connectivity index is 1.39. The third-order valence-corrected chi connectivity index (χ3v) is 5.12. The number of hydrazine groups is 1. The minimum atomic E-state index is -0.193. The summed E-state index contributed by atoms with van der Waals surface area (Å²) in [5, 5.41) is 7.65.